The highest BCUT2D eigenvalue weighted by Gasteiger charge is 2.14. The Morgan fingerprint density at radius 1 is 0.923 bits per heavy atom. The molecule has 26 heavy (non-hydrogen) atoms. The topological polar surface area (TPSA) is 8.81 Å². The molecule has 2 aromatic carbocycles. The third-order valence-corrected chi connectivity index (χ3v) is 4.88. The van der Waals surface area contributed by atoms with Crippen molar-refractivity contribution in [3.63, 3.8) is 0 Å². The summed E-state index contributed by atoms with van der Waals surface area (Å²) in [6.45, 7) is 11.1. The molecule has 0 bridgehead atoms. The monoisotopic (exact) mass is 347 g/mol. The lowest BCUT2D eigenvalue weighted by Gasteiger charge is -2.19. The van der Waals surface area contributed by atoms with E-state index in [9.17, 15) is 0 Å². The van der Waals surface area contributed by atoms with Gasteiger partial charge in [-0.3, -0.25) is 0 Å². The summed E-state index contributed by atoms with van der Waals surface area (Å²) < 4.78 is 4.55. The van der Waals surface area contributed by atoms with Crippen LogP contribution in [0.5, 0.6) is 0 Å². The largest absolute Gasteiger partial charge is 0.244 e. The first-order valence-electron chi connectivity index (χ1n) is 9.58. The lowest BCUT2D eigenvalue weighted by molar-refractivity contribution is -0.687. The van der Waals surface area contributed by atoms with Gasteiger partial charge in [0.1, 0.15) is 18.9 Å². The second kappa shape index (κ2) is 7.90. The van der Waals surface area contributed by atoms with Crippen LogP contribution in [0.15, 0.2) is 73.3 Å². The van der Waals surface area contributed by atoms with Gasteiger partial charge in [-0.05, 0) is 34.4 Å². The summed E-state index contributed by atoms with van der Waals surface area (Å²) >= 11 is 0. The molecule has 0 saturated carbocycles. The van der Waals surface area contributed by atoms with E-state index in [-0.39, 0.29) is 5.41 Å². The quantitative estimate of drug-likeness (QED) is 0.555. The molecule has 1 atom stereocenters. The number of aromatic nitrogens is 2. The van der Waals surface area contributed by atoms with Gasteiger partial charge in [-0.2, -0.15) is 0 Å². The predicted octanol–water partition coefficient (Wildman–Crippen LogP) is 5.00. The van der Waals surface area contributed by atoms with Crippen LogP contribution in [0.4, 0.5) is 0 Å². The van der Waals surface area contributed by atoms with Crippen molar-refractivity contribution in [2.24, 2.45) is 5.92 Å². The zero-order chi connectivity index (χ0) is 18.6. The Morgan fingerprint density at radius 3 is 2.27 bits per heavy atom. The van der Waals surface area contributed by atoms with Gasteiger partial charge in [0.15, 0.2) is 0 Å². The summed E-state index contributed by atoms with van der Waals surface area (Å²) in [7, 11) is 0. The van der Waals surface area contributed by atoms with Gasteiger partial charge in [-0.25, -0.2) is 9.13 Å². The molecule has 0 aliphatic carbocycles. The zero-order valence-electron chi connectivity index (χ0n) is 16.5. The van der Waals surface area contributed by atoms with Crippen LogP contribution in [-0.4, -0.2) is 4.57 Å². The molecule has 0 fully saturated rings. The van der Waals surface area contributed by atoms with Gasteiger partial charge in [0.25, 0.3) is 0 Å². The van der Waals surface area contributed by atoms with E-state index in [1.807, 2.05) is 0 Å². The Labute approximate surface area is 158 Å². The van der Waals surface area contributed by atoms with Crippen LogP contribution in [-0.2, 0) is 24.9 Å². The molecule has 0 spiro atoms. The number of benzene rings is 2. The number of imidazole rings is 1. The lowest BCUT2D eigenvalue weighted by Crippen LogP contribution is -2.31. The van der Waals surface area contributed by atoms with Crippen molar-refractivity contribution >= 4 is 0 Å². The highest BCUT2D eigenvalue weighted by molar-refractivity contribution is 5.27. The summed E-state index contributed by atoms with van der Waals surface area (Å²) in [5.41, 5.74) is 4.39. The molecular formula is C24H31N2+. The van der Waals surface area contributed by atoms with Crippen molar-refractivity contribution in [3.8, 4) is 0 Å². The van der Waals surface area contributed by atoms with Crippen LogP contribution in [0.3, 0.4) is 0 Å². The summed E-state index contributed by atoms with van der Waals surface area (Å²) in [4.78, 5) is 0. The van der Waals surface area contributed by atoms with Crippen LogP contribution in [0.1, 0.15) is 44.4 Å². The number of hydrogen-bond acceptors (Lipinski definition) is 0. The van der Waals surface area contributed by atoms with Gasteiger partial charge >= 0.3 is 0 Å². The first-order valence-corrected chi connectivity index (χ1v) is 9.58. The molecule has 0 amide bonds. The Balaban J connectivity index is 1.56. The summed E-state index contributed by atoms with van der Waals surface area (Å²) in [6, 6.07) is 19.8. The maximum atomic E-state index is 2.33. The third-order valence-electron chi connectivity index (χ3n) is 4.88. The Bertz CT molecular complexity index is 807. The molecule has 0 radical (unpaired) electrons. The Hall–Kier alpha value is -2.35. The molecular weight excluding hydrogens is 316 g/mol. The predicted molar refractivity (Wildman–Crippen MR) is 108 cm³/mol. The molecule has 1 unspecified atom stereocenters. The van der Waals surface area contributed by atoms with Crippen molar-refractivity contribution in [1.82, 2.24) is 4.57 Å². The first kappa shape index (κ1) is 18.4. The minimum atomic E-state index is 0.224. The fourth-order valence-electron chi connectivity index (χ4n) is 3.40. The van der Waals surface area contributed by atoms with Gasteiger partial charge in [0, 0.05) is 0 Å². The second-order valence-electron chi connectivity index (χ2n) is 8.52. The van der Waals surface area contributed by atoms with Crippen LogP contribution in [0.2, 0.25) is 0 Å². The first-order chi connectivity index (χ1) is 12.4. The molecule has 0 N–H and O–H groups in total. The molecule has 0 aliphatic rings. The Kier molecular flexibility index (Phi) is 5.61. The highest BCUT2D eigenvalue weighted by atomic mass is 15.1. The summed E-state index contributed by atoms with van der Waals surface area (Å²) in [5, 5.41) is 0. The minimum Gasteiger partial charge on any atom is -0.237 e. The highest BCUT2D eigenvalue weighted by Crippen LogP contribution is 2.23. The number of rotatable bonds is 6. The van der Waals surface area contributed by atoms with E-state index in [0.717, 1.165) is 19.5 Å². The average molecular weight is 348 g/mol. The van der Waals surface area contributed by atoms with Crippen molar-refractivity contribution in [3.05, 3.63) is 90.0 Å². The Morgan fingerprint density at radius 2 is 1.62 bits per heavy atom. The van der Waals surface area contributed by atoms with Crippen molar-refractivity contribution < 1.29 is 4.57 Å². The molecule has 0 saturated heterocycles. The van der Waals surface area contributed by atoms with Crippen molar-refractivity contribution in [2.75, 3.05) is 0 Å². The second-order valence-corrected chi connectivity index (χ2v) is 8.52. The smallest absolute Gasteiger partial charge is 0.237 e. The van der Waals surface area contributed by atoms with E-state index in [1.54, 1.807) is 0 Å². The molecule has 0 aliphatic heterocycles. The molecule has 2 heteroatoms. The minimum absolute atomic E-state index is 0.224. The van der Waals surface area contributed by atoms with Crippen LogP contribution in [0.25, 0.3) is 0 Å². The third kappa shape index (κ3) is 5.08. The molecule has 1 aromatic heterocycles. The average Bonchev–Trinajstić information content (AvgIpc) is 3.02. The van der Waals surface area contributed by atoms with E-state index >= 15 is 0 Å². The van der Waals surface area contributed by atoms with E-state index in [4.69, 9.17) is 0 Å². The van der Waals surface area contributed by atoms with E-state index < -0.39 is 0 Å². The summed E-state index contributed by atoms with van der Waals surface area (Å²) in [6.07, 6.45) is 7.67. The normalized spacial score (nSPS) is 12.9. The molecule has 1 heterocycles. The SMILES string of the molecule is CC(Cc1ccc(C(C)(C)C)cc1)Cn1cc[n+](Cc2ccccc2)c1. The molecule has 136 valence electrons. The van der Waals surface area contributed by atoms with Crippen LogP contribution in [0, 0.1) is 5.92 Å². The number of nitrogens with zero attached hydrogens (tertiary/aromatic N) is 2. The number of hydrogen-bond donors (Lipinski definition) is 0. The fraction of sp³-hybridized carbons (Fsp3) is 0.375. The van der Waals surface area contributed by atoms with Gasteiger partial charge in [0.2, 0.25) is 6.33 Å². The zero-order valence-corrected chi connectivity index (χ0v) is 16.5. The molecule has 3 aromatic rings. The van der Waals surface area contributed by atoms with Gasteiger partial charge in [-0.1, -0.05) is 82.3 Å². The van der Waals surface area contributed by atoms with Gasteiger partial charge in [-0.15, -0.1) is 0 Å². The van der Waals surface area contributed by atoms with Crippen LogP contribution < -0.4 is 4.57 Å². The van der Waals surface area contributed by atoms with Crippen molar-refractivity contribution in [1.29, 1.82) is 0 Å². The fourth-order valence-corrected chi connectivity index (χ4v) is 3.40. The van der Waals surface area contributed by atoms with Crippen molar-refractivity contribution in [2.45, 2.75) is 52.6 Å². The van der Waals surface area contributed by atoms with Gasteiger partial charge < -0.3 is 0 Å². The van der Waals surface area contributed by atoms with Crippen LogP contribution >= 0.6 is 0 Å². The molecule has 3 rings (SSSR count). The maximum absolute atomic E-state index is 2.33. The summed E-state index contributed by atoms with van der Waals surface area (Å²) in [5.74, 6) is 0.605. The van der Waals surface area contributed by atoms with E-state index in [1.165, 1.54) is 16.7 Å². The van der Waals surface area contributed by atoms with Gasteiger partial charge in [0.05, 0.1) is 6.54 Å². The standard InChI is InChI=1S/C24H31N2/c1-20(16-21-10-12-23(13-11-21)24(2,3)4)17-25-14-15-26(19-25)18-22-8-6-5-7-9-22/h5-15,19-20H,16-18H2,1-4H3/q+1. The maximum Gasteiger partial charge on any atom is 0.244 e. The van der Waals surface area contributed by atoms with E-state index in [0.29, 0.717) is 5.92 Å². The molecule has 2 nitrogen and oxygen atoms in total. The van der Waals surface area contributed by atoms with E-state index in [2.05, 4.69) is 110 Å². The lowest BCUT2D eigenvalue weighted by atomic mass is 9.86.